The fourth-order valence-corrected chi connectivity index (χ4v) is 3.49. The molecule has 19 heavy (non-hydrogen) atoms. The van der Waals surface area contributed by atoms with E-state index in [0.29, 0.717) is 5.41 Å². The number of nitrogens with zero attached hydrogens (tertiary/aromatic N) is 1. The summed E-state index contributed by atoms with van der Waals surface area (Å²) in [5.41, 5.74) is 1.97. The minimum absolute atomic E-state index is 0.633. The normalized spacial score (nSPS) is 22.5. The molecule has 2 heterocycles. The SMILES string of the molecule is COc1ccc(N2CCC3(CCNCC3)CC2)cc1. The van der Waals surface area contributed by atoms with E-state index in [4.69, 9.17) is 4.74 Å². The van der Waals surface area contributed by atoms with Crippen LogP contribution in [0.15, 0.2) is 24.3 Å². The number of piperidine rings is 2. The molecule has 2 fully saturated rings. The van der Waals surface area contributed by atoms with Crippen molar-refractivity contribution in [1.29, 1.82) is 0 Å². The second kappa shape index (κ2) is 5.41. The number of methoxy groups -OCH3 is 1. The Kier molecular flexibility index (Phi) is 3.65. The lowest BCUT2D eigenvalue weighted by Gasteiger charge is -2.45. The first kappa shape index (κ1) is 12.8. The Morgan fingerprint density at radius 3 is 2.21 bits per heavy atom. The lowest BCUT2D eigenvalue weighted by molar-refractivity contribution is 0.155. The summed E-state index contributed by atoms with van der Waals surface area (Å²) in [6.07, 6.45) is 5.42. The highest BCUT2D eigenvalue weighted by molar-refractivity contribution is 5.49. The average molecular weight is 260 g/mol. The third-order valence-corrected chi connectivity index (χ3v) is 4.93. The summed E-state index contributed by atoms with van der Waals surface area (Å²) >= 11 is 0. The second-order valence-electron chi connectivity index (χ2n) is 5.94. The monoisotopic (exact) mass is 260 g/mol. The molecule has 104 valence electrons. The summed E-state index contributed by atoms with van der Waals surface area (Å²) in [7, 11) is 1.72. The van der Waals surface area contributed by atoms with Crippen LogP contribution in [0.2, 0.25) is 0 Å². The molecule has 0 atom stereocenters. The van der Waals surface area contributed by atoms with Crippen LogP contribution in [0.5, 0.6) is 5.75 Å². The van der Waals surface area contributed by atoms with Crippen LogP contribution in [-0.2, 0) is 0 Å². The van der Waals surface area contributed by atoms with Crippen LogP contribution < -0.4 is 15.0 Å². The predicted octanol–water partition coefficient (Wildman–Crippen LogP) is 2.67. The number of hydrogen-bond donors (Lipinski definition) is 1. The summed E-state index contributed by atoms with van der Waals surface area (Å²) in [5, 5.41) is 3.48. The van der Waals surface area contributed by atoms with Gasteiger partial charge < -0.3 is 15.0 Å². The molecule has 0 unspecified atom stereocenters. The minimum atomic E-state index is 0.633. The van der Waals surface area contributed by atoms with Crippen LogP contribution in [0.25, 0.3) is 0 Å². The molecule has 0 bridgehead atoms. The maximum Gasteiger partial charge on any atom is 0.119 e. The molecule has 3 nitrogen and oxygen atoms in total. The Labute approximate surface area is 115 Å². The third kappa shape index (κ3) is 2.71. The molecule has 0 radical (unpaired) electrons. The molecular weight excluding hydrogens is 236 g/mol. The van der Waals surface area contributed by atoms with E-state index in [1.165, 1.54) is 57.5 Å². The Balaban J connectivity index is 1.62. The number of rotatable bonds is 2. The first-order valence-corrected chi connectivity index (χ1v) is 7.41. The van der Waals surface area contributed by atoms with Crippen molar-refractivity contribution in [1.82, 2.24) is 5.32 Å². The minimum Gasteiger partial charge on any atom is -0.497 e. The van der Waals surface area contributed by atoms with Crippen LogP contribution in [-0.4, -0.2) is 33.3 Å². The summed E-state index contributed by atoms with van der Waals surface area (Å²) in [5.74, 6) is 0.940. The van der Waals surface area contributed by atoms with Gasteiger partial charge in [-0.2, -0.15) is 0 Å². The van der Waals surface area contributed by atoms with Crippen molar-refractivity contribution in [2.75, 3.05) is 38.2 Å². The third-order valence-electron chi connectivity index (χ3n) is 4.93. The standard InChI is InChI=1S/C16H24N2O/c1-19-15-4-2-14(3-5-15)18-12-8-16(9-13-18)6-10-17-11-7-16/h2-5,17H,6-13H2,1H3. The van der Waals surface area contributed by atoms with Crippen LogP contribution in [0.1, 0.15) is 25.7 Å². The molecule has 3 heteroatoms. The van der Waals surface area contributed by atoms with E-state index >= 15 is 0 Å². The first-order valence-electron chi connectivity index (χ1n) is 7.41. The molecule has 0 saturated carbocycles. The van der Waals surface area contributed by atoms with Gasteiger partial charge in [0.05, 0.1) is 7.11 Å². The first-order chi connectivity index (χ1) is 9.31. The van der Waals surface area contributed by atoms with Crippen LogP contribution in [0.3, 0.4) is 0 Å². The maximum atomic E-state index is 5.22. The molecule has 2 aliphatic heterocycles. The highest BCUT2D eigenvalue weighted by Gasteiger charge is 2.35. The van der Waals surface area contributed by atoms with E-state index in [9.17, 15) is 0 Å². The van der Waals surface area contributed by atoms with Gasteiger partial charge >= 0.3 is 0 Å². The number of anilines is 1. The van der Waals surface area contributed by atoms with Crippen molar-refractivity contribution < 1.29 is 4.74 Å². The Bertz CT molecular complexity index is 399. The van der Waals surface area contributed by atoms with Gasteiger partial charge in [-0.1, -0.05) is 0 Å². The van der Waals surface area contributed by atoms with Gasteiger partial charge in [-0.05, 0) is 68.5 Å². The number of ether oxygens (including phenoxy) is 1. The largest absolute Gasteiger partial charge is 0.497 e. The molecule has 2 saturated heterocycles. The molecule has 0 aliphatic carbocycles. The van der Waals surface area contributed by atoms with Gasteiger partial charge in [0.2, 0.25) is 0 Å². The van der Waals surface area contributed by atoms with Gasteiger partial charge in [0, 0.05) is 18.8 Å². The maximum absolute atomic E-state index is 5.22. The van der Waals surface area contributed by atoms with E-state index in [1.807, 2.05) is 0 Å². The van der Waals surface area contributed by atoms with Crippen molar-refractivity contribution in [2.45, 2.75) is 25.7 Å². The Morgan fingerprint density at radius 1 is 1.00 bits per heavy atom. The van der Waals surface area contributed by atoms with Crippen molar-refractivity contribution in [3.63, 3.8) is 0 Å². The summed E-state index contributed by atoms with van der Waals surface area (Å²) < 4.78 is 5.22. The second-order valence-corrected chi connectivity index (χ2v) is 5.94. The topological polar surface area (TPSA) is 24.5 Å². The van der Waals surface area contributed by atoms with Gasteiger partial charge in [0.25, 0.3) is 0 Å². The van der Waals surface area contributed by atoms with Gasteiger partial charge in [-0.25, -0.2) is 0 Å². The Morgan fingerprint density at radius 2 is 1.63 bits per heavy atom. The quantitative estimate of drug-likeness (QED) is 0.885. The molecular formula is C16H24N2O. The molecule has 0 aromatic heterocycles. The molecule has 1 aromatic rings. The summed E-state index contributed by atoms with van der Waals surface area (Å²) in [4.78, 5) is 2.52. The average Bonchev–Trinajstić information content (AvgIpc) is 2.49. The van der Waals surface area contributed by atoms with Gasteiger partial charge in [0.15, 0.2) is 0 Å². The van der Waals surface area contributed by atoms with Gasteiger partial charge in [-0.15, -0.1) is 0 Å². The highest BCUT2D eigenvalue weighted by Crippen LogP contribution is 2.40. The molecule has 1 N–H and O–H groups in total. The zero-order chi connectivity index (χ0) is 13.1. The summed E-state index contributed by atoms with van der Waals surface area (Å²) in [6, 6.07) is 8.48. The lowest BCUT2D eigenvalue weighted by atomic mass is 9.71. The van der Waals surface area contributed by atoms with Gasteiger partial charge in [0.1, 0.15) is 5.75 Å². The fourth-order valence-electron chi connectivity index (χ4n) is 3.49. The Hall–Kier alpha value is -1.22. The van der Waals surface area contributed by atoms with Crippen LogP contribution in [0, 0.1) is 5.41 Å². The molecule has 3 rings (SSSR count). The van der Waals surface area contributed by atoms with Gasteiger partial charge in [-0.3, -0.25) is 0 Å². The molecule has 0 amide bonds. The van der Waals surface area contributed by atoms with E-state index in [0.717, 1.165) is 5.75 Å². The molecule has 2 aliphatic rings. The molecule has 1 spiro atoms. The fraction of sp³-hybridized carbons (Fsp3) is 0.625. The van der Waals surface area contributed by atoms with Crippen LogP contribution in [0.4, 0.5) is 5.69 Å². The van der Waals surface area contributed by atoms with Crippen LogP contribution >= 0.6 is 0 Å². The highest BCUT2D eigenvalue weighted by atomic mass is 16.5. The summed E-state index contributed by atoms with van der Waals surface area (Å²) in [6.45, 7) is 4.82. The predicted molar refractivity (Wildman–Crippen MR) is 79.0 cm³/mol. The van der Waals surface area contributed by atoms with Crippen molar-refractivity contribution in [3.05, 3.63) is 24.3 Å². The molecule has 1 aromatic carbocycles. The van der Waals surface area contributed by atoms with E-state index < -0.39 is 0 Å². The van der Waals surface area contributed by atoms with E-state index in [-0.39, 0.29) is 0 Å². The number of hydrogen-bond acceptors (Lipinski definition) is 3. The smallest absolute Gasteiger partial charge is 0.119 e. The van der Waals surface area contributed by atoms with Crippen molar-refractivity contribution in [3.8, 4) is 5.75 Å². The van der Waals surface area contributed by atoms with Crippen molar-refractivity contribution in [2.24, 2.45) is 5.41 Å². The van der Waals surface area contributed by atoms with E-state index in [2.05, 4.69) is 34.5 Å². The van der Waals surface area contributed by atoms with E-state index in [1.54, 1.807) is 7.11 Å². The zero-order valence-corrected chi connectivity index (χ0v) is 11.8. The number of nitrogens with one attached hydrogen (secondary N) is 1. The lowest BCUT2D eigenvalue weighted by Crippen LogP contribution is -2.45. The zero-order valence-electron chi connectivity index (χ0n) is 11.8. The van der Waals surface area contributed by atoms with Crippen molar-refractivity contribution >= 4 is 5.69 Å². The number of benzene rings is 1.